The number of hydrogen-bond acceptors (Lipinski definition) is 3. The number of benzene rings is 1. The number of anilines is 1. The van der Waals surface area contributed by atoms with E-state index in [0.29, 0.717) is 12.2 Å². The molecule has 2 N–H and O–H groups in total. The number of nitrogens with one attached hydrogen (secondary N) is 1. The zero-order valence-electron chi connectivity index (χ0n) is 11.7. The van der Waals surface area contributed by atoms with Gasteiger partial charge in [-0.1, -0.05) is 31.4 Å². The van der Waals surface area contributed by atoms with Crippen LogP contribution >= 0.6 is 0 Å². The molecule has 0 amide bonds. The molecule has 0 aliphatic heterocycles. The number of alkyl halides is 3. The molecule has 1 aliphatic carbocycles. The fourth-order valence-electron chi connectivity index (χ4n) is 2.80. The minimum Gasteiger partial charge on any atom is -0.404 e. The van der Waals surface area contributed by atoms with Crippen molar-refractivity contribution in [2.24, 2.45) is 5.41 Å². The van der Waals surface area contributed by atoms with Crippen molar-refractivity contribution in [3.8, 4) is 5.75 Å². The molecule has 0 atom stereocenters. The molecular weight excluding hydrogens is 283 g/mol. The van der Waals surface area contributed by atoms with Crippen molar-refractivity contribution in [1.82, 2.24) is 0 Å². The largest absolute Gasteiger partial charge is 0.573 e. The average molecular weight is 303 g/mol. The molecule has 1 aliphatic rings. The fraction of sp³-hybridized carbons (Fsp3) is 0.600. The molecule has 21 heavy (non-hydrogen) atoms. The molecule has 0 radical (unpaired) electrons. The van der Waals surface area contributed by atoms with E-state index in [9.17, 15) is 18.3 Å². The summed E-state index contributed by atoms with van der Waals surface area (Å²) in [5, 5.41) is 12.6. The Morgan fingerprint density at radius 3 is 2.43 bits per heavy atom. The van der Waals surface area contributed by atoms with E-state index in [1.165, 1.54) is 12.1 Å². The third kappa shape index (κ3) is 4.52. The Bertz CT molecular complexity index is 456. The normalized spacial score (nSPS) is 18.3. The highest BCUT2D eigenvalue weighted by molar-refractivity contribution is 5.56. The number of aliphatic hydroxyl groups excluding tert-OH is 1. The molecule has 1 fully saturated rings. The maximum Gasteiger partial charge on any atom is 0.573 e. The molecule has 0 saturated heterocycles. The molecule has 2 rings (SSSR count). The Kier molecular flexibility index (Phi) is 4.98. The third-order valence-electron chi connectivity index (χ3n) is 4.02. The molecular formula is C15H20F3NO2. The van der Waals surface area contributed by atoms with E-state index in [-0.39, 0.29) is 17.8 Å². The summed E-state index contributed by atoms with van der Waals surface area (Å²) in [6.07, 6.45) is 0.302. The van der Waals surface area contributed by atoms with Crippen molar-refractivity contribution < 1.29 is 23.0 Å². The number of halogens is 3. The van der Waals surface area contributed by atoms with E-state index >= 15 is 0 Å². The van der Waals surface area contributed by atoms with E-state index in [2.05, 4.69) is 10.1 Å². The summed E-state index contributed by atoms with van der Waals surface area (Å²) in [5.74, 6) is -0.242. The predicted octanol–water partition coefficient (Wildman–Crippen LogP) is 3.94. The van der Waals surface area contributed by atoms with Crippen LogP contribution in [0, 0.1) is 5.41 Å². The Hall–Kier alpha value is -1.43. The van der Waals surface area contributed by atoms with Crippen LogP contribution in [0.25, 0.3) is 0 Å². The van der Waals surface area contributed by atoms with Crippen molar-refractivity contribution in [2.45, 2.75) is 38.5 Å². The van der Waals surface area contributed by atoms with Crippen LogP contribution in [0.3, 0.4) is 0 Å². The van der Waals surface area contributed by atoms with Gasteiger partial charge in [-0.2, -0.15) is 0 Å². The van der Waals surface area contributed by atoms with Gasteiger partial charge >= 0.3 is 6.36 Å². The molecule has 1 saturated carbocycles. The molecule has 1 aromatic carbocycles. The monoisotopic (exact) mass is 303 g/mol. The topological polar surface area (TPSA) is 41.5 Å². The number of rotatable bonds is 5. The Balaban J connectivity index is 2.05. The predicted molar refractivity (Wildman–Crippen MR) is 74.2 cm³/mol. The average Bonchev–Trinajstić information content (AvgIpc) is 2.46. The first-order chi connectivity index (χ1) is 9.94. The maximum atomic E-state index is 12.4. The van der Waals surface area contributed by atoms with Crippen LogP contribution in [0.4, 0.5) is 18.9 Å². The summed E-state index contributed by atoms with van der Waals surface area (Å²) in [6.45, 7) is 0.490. The van der Waals surface area contributed by atoms with E-state index < -0.39 is 6.36 Å². The molecule has 0 aromatic heterocycles. The summed E-state index contributed by atoms with van der Waals surface area (Å²) in [4.78, 5) is 0. The minimum atomic E-state index is -4.71. The van der Waals surface area contributed by atoms with Crippen LogP contribution in [0.15, 0.2) is 24.3 Å². The summed E-state index contributed by atoms with van der Waals surface area (Å²) < 4.78 is 41.1. The van der Waals surface area contributed by atoms with Crippen LogP contribution in [-0.4, -0.2) is 24.6 Å². The van der Waals surface area contributed by atoms with Crippen LogP contribution in [-0.2, 0) is 0 Å². The van der Waals surface area contributed by atoms with Crippen LogP contribution in [0.5, 0.6) is 5.75 Å². The molecule has 0 unspecified atom stereocenters. The van der Waals surface area contributed by atoms with Gasteiger partial charge < -0.3 is 15.2 Å². The number of para-hydroxylation sites is 2. The quantitative estimate of drug-likeness (QED) is 0.865. The SMILES string of the molecule is OCC1(CNc2ccccc2OC(F)(F)F)CCCCC1. The highest BCUT2D eigenvalue weighted by Gasteiger charge is 2.33. The maximum absolute atomic E-state index is 12.4. The second-order valence-electron chi connectivity index (χ2n) is 5.62. The zero-order valence-corrected chi connectivity index (χ0v) is 11.7. The second-order valence-corrected chi connectivity index (χ2v) is 5.62. The lowest BCUT2D eigenvalue weighted by molar-refractivity contribution is -0.274. The van der Waals surface area contributed by atoms with Crippen molar-refractivity contribution in [3.63, 3.8) is 0 Å². The van der Waals surface area contributed by atoms with E-state index in [0.717, 1.165) is 32.1 Å². The molecule has 0 spiro atoms. The van der Waals surface area contributed by atoms with Gasteiger partial charge in [0, 0.05) is 12.0 Å². The van der Waals surface area contributed by atoms with Crippen molar-refractivity contribution >= 4 is 5.69 Å². The summed E-state index contributed by atoms with van der Waals surface area (Å²) in [5.41, 5.74) is 0.0528. The van der Waals surface area contributed by atoms with Gasteiger partial charge in [0.1, 0.15) is 0 Å². The summed E-state index contributed by atoms with van der Waals surface area (Å²) in [7, 11) is 0. The first kappa shape index (κ1) is 15.9. The Labute approximate surface area is 122 Å². The lowest BCUT2D eigenvalue weighted by Crippen LogP contribution is -2.35. The summed E-state index contributed by atoms with van der Waals surface area (Å²) in [6, 6.07) is 5.98. The standard InChI is InChI=1S/C15H20F3NO2/c16-15(17,18)21-13-7-3-2-6-12(13)19-10-14(11-20)8-4-1-5-9-14/h2-3,6-7,19-20H,1,4-5,8-11H2. The van der Waals surface area contributed by atoms with Crippen molar-refractivity contribution in [2.75, 3.05) is 18.5 Å². The minimum absolute atomic E-state index is 0.0439. The molecule has 3 nitrogen and oxygen atoms in total. The van der Waals surface area contributed by atoms with E-state index in [1.54, 1.807) is 12.1 Å². The van der Waals surface area contributed by atoms with E-state index in [4.69, 9.17) is 0 Å². The van der Waals surface area contributed by atoms with E-state index in [1.807, 2.05) is 0 Å². The number of aliphatic hydroxyl groups is 1. The van der Waals surface area contributed by atoms with Crippen LogP contribution in [0.2, 0.25) is 0 Å². The van der Waals surface area contributed by atoms with Crippen LogP contribution in [0.1, 0.15) is 32.1 Å². The highest BCUT2D eigenvalue weighted by atomic mass is 19.4. The van der Waals surface area contributed by atoms with Gasteiger partial charge in [0.2, 0.25) is 0 Å². The van der Waals surface area contributed by atoms with Crippen molar-refractivity contribution in [3.05, 3.63) is 24.3 Å². The van der Waals surface area contributed by atoms with Gasteiger partial charge in [0.05, 0.1) is 12.3 Å². The first-order valence-electron chi connectivity index (χ1n) is 7.14. The summed E-state index contributed by atoms with van der Waals surface area (Å²) >= 11 is 0. The van der Waals surface area contributed by atoms with Crippen molar-refractivity contribution in [1.29, 1.82) is 0 Å². The number of hydrogen-bond donors (Lipinski definition) is 2. The lowest BCUT2D eigenvalue weighted by atomic mass is 9.74. The second kappa shape index (κ2) is 6.56. The van der Waals surface area contributed by atoms with Gasteiger partial charge in [-0.15, -0.1) is 13.2 Å². The number of ether oxygens (including phenoxy) is 1. The first-order valence-corrected chi connectivity index (χ1v) is 7.14. The molecule has 6 heteroatoms. The van der Waals surface area contributed by atoms with Gasteiger partial charge in [0.15, 0.2) is 5.75 Å². The fourth-order valence-corrected chi connectivity index (χ4v) is 2.80. The zero-order chi connectivity index (χ0) is 15.3. The van der Waals surface area contributed by atoms with Gasteiger partial charge in [-0.25, -0.2) is 0 Å². The Morgan fingerprint density at radius 1 is 1.14 bits per heavy atom. The van der Waals surface area contributed by atoms with Crippen LogP contribution < -0.4 is 10.1 Å². The molecule has 0 heterocycles. The molecule has 118 valence electrons. The molecule has 0 bridgehead atoms. The Morgan fingerprint density at radius 2 is 1.81 bits per heavy atom. The lowest BCUT2D eigenvalue weighted by Gasteiger charge is -2.36. The smallest absolute Gasteiger partial charge is 0.404 e. The van der Waals surface area contributed by atoms with Gasteiger partial charge in [-0.05, 0) is 25.0 Å². The highest BCUT2D eigenvalue weighted by Crippen LogP contribution is 2.37. The molecule has 1 aromatic rings. The van der Waals surface area contributed by atoms with Gasteiger partial charge in [0.25, 0.3) is 0 Å². The van der Waals surface area contributed by atoms with Gasteiger partial charge in [-0.3, -0.25) is 0 Å². The third-order valence-corrected chi connectivity index (χ3v) is 4.02.